The summed E-state index contributed by atoms with van der Waals surface area (Å²) in [6.45, 7) is -0.262. The summed E-state index contributed by atoms with van der Waals surface area (Å²) in [5.74, 6) is -1.55. The molecule has 26 heavy (non-hydrogen) atoms. The molecule has 0 radical (unpaired) electrons. The highest BCUT2D eigenvalue weighted by Gasteiger charge is 2.36. The molecule has 3 rings (SSSR count). The van der Waals surface area contributed by atoms with E-state index in [4.69, 9.17) is 19.5 Å². The van der Waals surface area contributed by atoms with Crippen molar-refractivity contribution < 1.29 is 28.4 Å². The maximum Gasteiger partial charge on any atom is 0.341 e. The van der Waals surface area contributed by atoms with Gasteiger partial charge in [0.1, 0.15) is 18.6 Å². The smallest absolute Gasteiger partial charge is 0.341 e. The molecule has 1 aliphatic rings. The van der Waals surface area contributed by atoms with Gasteiger partial charge in [-0.05, 0) is 23.7 Å². The predicted molar refractivity (Wildman–Crippen MR) is 84.7 cm³/mol. The molecule has 2 amide bonds. The Bertz CT molecular complexity index is 880. The number of hydrogen-bond donors (Lipinski definition) is 0. The molecule has 132 valence electrons. The van der Waals surface area contributed by atoms with Crippen molar-refractivity contribution in [2.45, 2.75) is 6.61 Å². The van der Waals surface area contributed by atoms with Gasteiger partial charge in [0.2, 0.25) is 0 Å². The Morgan fingerprint density at radius 3 is 2.58 bits per heavy atom. The number of furan rings is 1. The summed E-state index contributed by atoms with van der Waals surface area (Å²) in [5, 5.41) is 3.90. The van der Waals surface area contributed by atoms with Crippen molar-refractivity contribution in [3.63, 3.8) is 0 Å². The molecule has 2 aromatic rings. The highest BCUT2D eigenvalue weighted by atomic mass is 16.7. The average Bonchev–Trinajstić information content (AvgIpc) is 3.22. The lowest BCUT2D eigenvalue weighted by Gasteiger charge is -2.11. The van der Waals surface area contributed by atoms with Crippen molar-refractivity contribution in [2.24, 2.45) is 5.11 Å². The Hall–Kier alpha value is -3.62. The van der Waals surface area contributed by atoms with E-state index in [0.29, 0.717) is 5.06 Å². The summed E-state index contributed by atoms with van der Waals surface area (Å²) < 4.78 is 10.0. The van der Waals surface area contributed by atoms with E-state index < -0.39 is 17.8 Å². The number of nitrogens with zero attached hydrogens (tertiary/aromatic N) is 4. The first-order valence-electron chi connectivity index (χ1n) is 7.48. The second-order valence-electron chi connectivity index (χ2n) is 5.12. The van der Waals surface area contributed by atoms with E-state index >= 15 is 0 Å². The molecule has 0 spiro atoms. The third-order valence-corrected chi connectivity index (χ3v) is 3.47. The molecular weight excluding hydrogens is 344 g/mol. The second-order valence-corrected chi connectivity index (χ2v) is 5.12. The Morgan fingerprint density at radius 1 is 1.23 bits per heavy atom. The summed E-state index contributed by atoms with van der Waals surface area (Å²) >= 11 is 0. The minimum absolute atomic E-state index is 0.0236. The van der Waals surface area contributed by atoms with Gasteiger partial charge in [0.05, 0.1) is 29.8 Å². The molecule has 0 atom stereocenters. The Morgan fingerprint density at radius 2 is 1.92 bits per heavy atom. The topological polar surface area (TPSA) is 135 Å². The van der Waals surface area contributed by atoms with Crippen LogP contribution in [-0.4, -0.2) is 36.0 Å². The first-order valence-corrected chi connectivity index (χ1v) is 7.48. The Labute approximate surface area is 146 Å². The van der Waals surface area contributed by atoms with E-state index in [1.807, 2.05) is 0 Å². The third kappa shape index (κ3) is 3.41. The van der Waals surface area contributed by atoms with Gasteiger partial charge in [-0.1, -0.05) is 17.2 Å². The number of carbonyl (C=O) groups excluding carboxylic acids is 3. The maximum absolute atomic E-state index is 12.2. The zero-order valence-corrected chi connectivity index (χ0v) is 13.3. The lowest BCUT2D eigenvalue weighted by molar-refractivity contribution is -0.105. The highest BCUT2D eigenvalue weighted by molar-refractivity contribution is 6.20. The van der Waals surface area contributed by atoms with Crippen LogP contribution in [0.1, 0.15) is 36.8 Å². The number of benzene rings is 1. The van der Waals surface area contributed by atoms with Crippen LogP contribution in [0, 0.1) is 0 Å². The number of imide groups is 1. The number of ether oxygens (including phenoxy) is 1. The first-order chi connectivity index (χ1) is 12.6. The van der Waals surface area contributed by atoms with Crippen molar-refractivity contribution in [3.8, 4) is 0 Å². The lowest BCUT2D eigenvalue weighted by atomic mass is 10.1. The van der Waals surface area contributed by atoms with Crippen molar-refractivity contribution >= 4 is 17.8 Å². The maximum atomic E-state index is 12.2. The van der Waals surface area contributed by atoms with Crippen LogP contribution in [0.2, 0.25) is 0 Å². The van der Waals surface area contributed by atoms with E-state index in [1.165, 1.54) is 18.2 Å². The summed E-state index contributed by atoms with van der Waals surface area (Å²) in [4.78, 5) is 43.8. The van der Waals surface area contributed by atoms with Crippen LogP contribution in [0.25, 0.3) is 10.4 Å². The van der Waals surface area contributed by atoms with Gasteiger partial charge in [-0.25, -0.2) is 4.79 Å². The molecule has 0 saturated carbocycles. The van der Waals surface area contributed by atoms with Gasteiger partial charge >= 0.3 is 5.97 Å². The van der Waals surface area contributed by atoms with Crippen molar-refractivity contribution in [1.82, 2.24) is 5.06 Å². The number of hydrogen-bond acceptors (Lipinski definition) is 7. The van der Waals surface area contributed by atoms with E-state index in [1.54, 1.807) is 12.1 Å². The van der Waals surface area contributed by atoms with Crippen molar-refractivity contribution in [3.05, 3.63) is 69.5 Å². The van der Waals surface area contributed by atoms with Gasteiger partial charge in [-0.15, -0.1) is 5.06 Å². The number of esters is 1. The molecule has 10 heteroatoms. The van der Waals surface area contributed by atoms with Crippen molar-refractivity contribution in [1.29, 1.82) is 0 Å². The van der Waals surface area contributed by atoms with Gasteiger partial charge in [-0.2, -0.15) is 0 Å². The van der Waals surface area contributed by atoms with Gasteiger partial charge in [0.15, 0.2) is 0 Å². The fraction of sp³-hybridized carbons (Fsp3) is 0.188. The monoisotopic (exact) mass is 356 g/mol. The zero-order chi connectivity index (χ0) is 18.5. The third-order valence-electron chi connectivity index (χ3n) is 3.47. The normalized spacial score (nSPS) is 12.7. The molecule has 0 unspecified atom stereocenters. The van der Waals surface area contributed by atoms with Crippen LogP contribution in [0.3, 0.4) is 0 Å². The number of amides is 2. The molecule has 0 aliphatic carbocycles. The van der Waals surface area contributed by atoms with Gasteiger partial charge < -0.3 is 9.15 Å². The lowest BCUT2D eigenvalue weighted by Crippen LogP contribution is -2.29. The zero-order valence-electron chi connectivity index (χ0n) is 13.3. The Kier molecular flexibility index (Phi) is 4.97. The molecule has 0 N–H and O–H groups in total. The predicted octanol–water partition coefficient (Wildman–Crippen LogP) is 2.47. The first kappa shape index (κ1) is 17.2. The molecular formula is C16H12N4O6. The minimum atomic E-state index is -0.658. The van der Waals surface area contributed by atoms with Crippen molar-refractivity contribution in [2.75, 3.05) is 13.2 Å². The number of rotatable bonds is 7. The number of hydroxylamine groups is 2. The molecule has 0 saturated heterocycles. The molecule has 0 fully saturated rings. The molecule has 0 bridgehead atoms. The fourth-order valence-corrected chi connectivity index (χ4v) is 2.28. The molecule has 1 aromatic heterocycles. The summed E-state index contributed by atoms with van der Waals surface area (Å²) in [6, 6.07) is 7.75. The van der Waals surface area contributed by atoms with Crippen LogP contribution >= 0.6 is 0 Å². The fourth-order valence-electron chi connectivity index (χ4n) is 2.28. The number of fused-ring (bicyclic) bond motifs is 1. The van der Waals surface area contributed by atoms with Crippen LogP contribution in [0.15, 0.2) is 46.1 Å². The molecule has 1 aromatic carbocycles. The van der Waals surface area contributed by atoms with Crippen LogP contribution in [0.4, 0.5) is 0 Å². The van der Waals surface area contributed by atoms with E-state index in [2.05, 4.69) is 10.0 Å². The molecule has 2 heterocycles. The van der Waals surface area contributed by atoms with E-state index in [-0.39, 0.29) is 42.2 Å². The van der Waals surface area contributed by atoms with Gasteiger partial charge in [0, 0.05) is 4.91 Å². The Balaban J connectivity index is 1.57. The van der Waals surface area contributed by atoms with Crippen LogP contribution in [-0.2, 0) is 16.2 Å². The SMILES string of the molecule is [N-]=[N+]=NCCOC(=O)c1coc(CON2C(=O)c3ccccc3C2=O)c1. The van der Waals surface area contributed by atoms with E-state index in [0.717, 1.165) is 6.26 Å². The van der Waals surface area contributed by atoms with Crippen LogP contribution < -0.4 is 0 Å². The molecule has 10 nitrogen and oxygen atoms in total. The summed E-state index contributed by atoms with van der Waals surface area (Å²) in [7, 11) is 0. The van der Waals surface area contributed by atoms with Gasteiger partial charge in [0.25, 0.3) is 11.8 Å². The average molecular weight is 356 g/mol. The standard InChI is InChI=1S/C16H12N4O6/c17-19-18-5-6-24-16(23)10-7-11(25-8-10)9-26-20-14(21)12-3-1-2-4-13(12)15(20)22/h1-4,7-8H,5-6,9H2. The number of carbonyl (C=O) groups is 3. The highest BCUT2D eigenvalue weighted by Crippen LogP contribution is 2.23. The second kappa shape index (κ2) is 7.51. The van der Waals surface area contributed by atoms with Crippen LogP contribution in [0.5, 0.6) is 0 Å². The van der Waals surface area contributed by atoms with E-state index in [9.17, 15) is 14.4 Å². The molecule has 1 aliphatic heterocycles. The summed E-state index contributed by atoms with van der Waals surface area (Å²) in [5.41, 5.74) is 8.79. The number of azide groups is 1. The largest absolute Gasteiger partial charge is 0.466 e. The minimum Gasteiger partial charge on any atom is -0.466 e. The summed E-state index contributed by atoms with van der Waals surface area (Å²) in [6.07, 6.45) is 1.16. The quantitative estimate of drug-likeness (QED) is 0.187. The van der Waals surface area contributed by atoms with Gasteiger partial charge in [-0.3, -0.25) is 14.4 Å².